The molecule has 3 aromatic rings. The van der Waals surface area contributed by atoms with Gasteiger partial charge in [0.25, 0.3) is 0 Å². The highest BCUT2D eigenvalue weighted by molar-refractivity contribution is 5.99. The number of amides is 2. The maximum Gasteiger partial charge on any atom is 0.225 e. The van der Waals surface area contributed by atoms with Crippen LogP contribution in [0.1, 0.15) is 52.9 Å². The third-order valence-corrected chi connectivity index (χ3v) is 9.44. The van der Waals surface area contributed by atoms with Crippen molar-refractivity contribution in [3.63, 3.8) is 0 Å². The number of hydrogen-bond donors (Lipinski definition) is 4. The van der Waals surface area contributed by atoms with Gasteiger partial charge in [0.2, 0.25) is 11.8 Å². The predicted molar refractivity (Wildman–Crippen MR) is 151 cm³/mol. The topological polar surface area (TPSA) is 120 Å². The zero-order chi connectivity index (χ0) is 26.9. The number of piperidine rings is 1. The Bertz CT molecular complexity index is 1530. The molecule has 1 aromatic heterocycles. The molecule has 5 N–H and O–H groups in total. The standard InChI is InChI=1S/C30H37N5O3/c1-28(2)15-29(3)14-24-30(29,16-28)17-35(24)11-9-26(37)33-19-5-7-21-23(13-19)34-22-12-18(32-25(36)8-10-31)4-6-20(22)27(21)38/h4-7,12-13,24H,8-11,14-17,31H2,1-3H3,(H,32,36)(H,33,37)(H,34,38). The minimum Gasteiger partial charge on any atom is -0.354 e. The number of H-pyrrole nitrogens is 1. The fourth-order valence-corrected chi connectivity index (χ4v) is 8.03. The van der Waals surface area contributed by atoms with E-state index in [1.54, 1.807) is 36.4 Å². The molecule has 3 fully saturated rings. The van der Waals surface area contributed by atoms with Gasteiger partial charge in [-0.05, 0) is 66.5 Å². The van der Waals surface area contributed by atoms with E-state index in [4.69, 9.17) is 5.73 Å². The molecule has 1 saturated heterocycles. The SMILES string of the molecule is CC1(C)CC2(C)CC3N(CCC(=O)Nc4ccc5c(=O)c6ccc(NC(=O)CCN)cc6[nH]c5c4)CC32C1. The van der Waals surface area contributed by atoms with Gasteiger partial charge in [-0.15, -0.1) is 0 Å². The van der Waals surface area contributed by atoms with Crippen LogP contribution in [0.15, 0.2) is 41.2 Å². The molecule has 8 heteroatoms. The molecule has 3 unspecified atom stereocenters. The number of nitrogens with zero attached hydrogens (tertiary/aromatic N) is 1. The second kappa shape index (κ2) is 8.64. The van der Waals surface area contributed by atoms with Crippen molar-refractivity contribution in [1.82, 2.24) is 9.88 Å². The zero-order valence-electron chi connectivity index (χ0n) is 22.4. The zero-order valence-corrected chi connectivity index (χ0v) is 22.4. The van der Waals surface area contributed by atoms with Gasteiger partial charge < -0.3 is 21.4 Å². The van der Waals surface area contributed by atoms with E-state index in [2.05, 4.69) is 41.3 Å². The minimum absolute atomic E-state index is 0.0211. The maximum atomic E-state index is 13.1. The van der Waals surface area contributed by atoms with Crippen LogP contribution < -0.4 is 21.8 Å². The number of rotatable bonds is 7. The number of likely N-dealkylation sites (tertiary alicyclic amines) is 1. The molecule has 3 aliphatic rings. The Morgan fingerprint density at radius 3 is 2.13 bits per heavy atom. The fraction of sp³-hybridized carbons (Fsp3) is 0.500. The van der Waals surface area contributed by atoms with Crippen LogP contribution in [0.25, 0.3) is 21.8 Å². The molecule has 38 heavy (non-hydrogen) atoms. The van der Waals surface area contributed by atoms with E-state index in [1.807, 2.05) is 0 Å². The van der Waals surface area contributed by atoms with Crippen molar-refractivity contribution >= 4 is 45.0 Å². The van der Waals surface area contributed by atoms with Gasteiger partial charge in [-0.1, -0.05) is 20.8 Å². The van der Waals surface area contributed by atoms with Gasteiger partial charge in [0.15, 0.2) is 5.43 Å². The molecule has 0 radical (unpaired) electrons. The second-order valence-electron chi connectivity index (χ2n) is 12.8. The van der Waals surface area contributed by atoms with Gasteiger partial charge in [0, 0.05) is 66.1 Å². The quantitative estimate of drug-likeness (QED) is 0.352. The number of carbonyl (C=O) groups is 2. The monoisotopic (exact) mass is 515 g/mol. The summed E-state index contributed by atoms with van der Waals surface area (Å²) in [6.45, 7) is 9.43. The van der Waals surface area contributed by atoms with Crippen LogP contribution in [0.5, 0.6) is 0 Å². The molecule has 200 valence electrons. The van der Waals surface area contributed by atoms with Crippen molar-refractivity contribution in [1.29, 1.82) is 0 Å². The van der Waals surface area contributed by atoms with E-state index in [0.717, 1.165) is 13.1 Å². The molecule has 2 amide bonds. The normalized spacial score (nSPS) is 27.3. The summed E-state index contributed by atoms with van der Waals surface area (Å²) in [5, 5.41) is 6.90. The summed E-state index contributed by atoms with van der Waals surface area (Å²) >= 11 is 0. The third-order valence-electron chi connectivity index (χ3n) is 9.44. The van der Waals surface area contributed by atoms with Crippen molar-refractivity contribution in [2.24, 2.45) is 22.0 Å². The summed E-state index contributed by atoms with van der Waals surface area (Å²) in [7, 11) is 0. The van der Waals surface area contributed by atoms with E-state index in [0.29, 0.717) is 61.9 Å². The molecule has 1 spiro atoms. The van der Waals surface area contributed by atoms with Crippen molar-refractivity contribution < 1.29 is 9.59 Å². The first kappa shape index (κ1) is 25.1. The highest BCUT2D eigenvalue weighted by Gasteiger charge is 2.75. The number of carbonyl (C=O) groups excluding carboxylic acids is 2. The fourth-order valence-electron chi connectivity index (χ4n) is 8.03. The van der Waals surface area contributed by atoms with Crippen LogP contribution in [0.4, 0.5) is 11.4 Å². The molecule has 3 atom stereocenters. The summed E-state index contributed by atoms with van der Waals surface area (Å²) in [5.74, 6) is -0.195. The number of aromatic amines is 1. The highest BCUT2D eigenvalue weighted by atomic mass is 16.2. The van der Waals surface area contributed by atoms with Gasteiger partial charge in [0.1, 0.15) is 0 Å². The van der Waals surface area contributed by atoms with Crippen molar-refractivity contribution in [3.05, 3.63) is 46.6 Å². The first-order valence-electron chi connectivity index (χ1n) is 13.7. The van der Waals surface area contributed by atoms with Gasteiger partial charge in [-0.3, -0.25) is 19.3 Å². The van der Waals surface area contributed by atoms with Crippen molar-refractivity contribution in [2.75, 3.05) is 30.3 Å². The Labute approximate surface area is 222 Å². The molecule has 2 heterocycles. The average Bonchev–Trinajstić information content (AvgIpc) is 3.03. The Morgan fingerprint density at radius 2 is 1.58 bits per heavy atom. The van der Waals surface area contributed by atoms with Crippen LogP contribution in [0.2, 0.25) is 0 Å². The summed E-state index contributed by atoms with van der Waals surface area (Å²) in [5.41, 5.74) is 9.22. The molecule has 0 bridgehead atoms. The third kappa shape index (κ3) is 3.93. The average molecular weight is 516 g/mol. The Hall–Kier alpha value is -3.23. The number of nitrogens with one attached hydrogen (secondary N) is 3. The molecule has 6 rings (SSSR count). The number of aromatic nitrogens is 1. The lowest BCUT2D eigenvalue weighted by Gasteiger charge is -2.72. The summed E-state index contributed by atoms with van der Waals surface area (Å²) in [6, 6.07) is 11.1. The number of anilines is 2. The number of benzene rings is 2. The second-order valence-corrected chi connectivity index (χ2v) is 12.8. The number of pyridine rings is 1. The number of hydrogen-bond acceptors (Lipinski definition) is 5. The first-order valence-corrected chi connectivity index (χ1v) is 13.7. The Morgan fingerprint density at radius 1 is 0.974 bits per heavy atom. The van der Waals surface area contributed by atoms with E-state index in [9.17, 15) is 14.4 Å². The van der Waals surface area contributed by atoms with Crippen molar-refractivity contribution in [2.45, 2.75) is 58.9 Å². The van der Waals surface area contributed by atoms with Crippen molar-refractivity contribution in [3.8, 4) is 0 Å². The van der Waals surface area contributed by atoms with E-state index in [-0.39, 0.29) is 30.2 Å². The largest absolute Gasteiger partial charge is 0.354 e. The summed E-state index contributed by atoms with van der Waals surface area (Å²) in [6.07, 6.45) is 4.54. The van der Waals surface area contributed by atoms with Gasteiger partial charge in [0.05, 0.1) is 11.0 Å². The Balaban J connectivity index is 1.12. The molecule has 8 nitrogen and oxygen atoms in total. The first-order chi connectivity index (χ1) is 18.0. The van der Waals surface area contributed by atoms with E-state index >= 15 is 0 Å². The maximum absolute atomic E-state index is 13.1. The summed E-state index contributed by atoms with van der Waals surface area (Å²) < 4.78 is 0. The molecular formula is C30H37N5O3. The lowest BCUT2D eigenvalue weighted by Crippen LogP contribution is -2.77. The molecule has 2 aromatic carbocycles. The van der Waals surface area contributed by atoms with Crippen LogP contribution in [-0.4, -0.2) is 47.4 Å². The van der Waals surface area contributed by atoms with Crippen LogP contribution in [0, 0.1) is 16.2 Å². The van der Waals surface area contributed by atoms with Crippen LogP contribution in [-0.2, 0) is 9.59 Å². The van der Waals surface area contributed by atoms with E-state index < -0.39 is 0 Å². The minimum atomic E-state index is -0.174. The smallest absolute Gasteiger partial charge is 0.225 e. The molecule has 1 aliphatic heterocycles. The lowest BCUT2D eigenvalue weighted by molar-refractivity contribution is -0.231. The molecular weight excluding hydrogens is 478 g/mol. The predicted octanol–water partition coefficient (Wildman–Crippen LogP) is 4.20. The van der Waals surface area contributed by atoms with Crippen LogP contribution >= 0.6 is 0 Å². The number of nitrogens with two attached hydrogens (primary N) is 1. The van der Waals surface area contributed by atoms with Crippen LogP contribution in [0.3, 0.4) is 0 Å². The highest BCUT2D eigenvalue weighted by Crippen LogP contribution is 2.76. The lowest BCUT2D eigenvalue weighted by atomic mass is 9.44. The summed E-state index contributed by atoms with van der Waals surface area (Å²) in [4.78, 5) is 43.6. The Kier molecular flexibility index (Phi) is 5.70. The molecule has 2 aliphatic carbocycles. The number of fused-ring (bicyclic) bond motifs is 2. The van der Waals surface area contributed by atoms with Gasteiger partial charge in [-0.2, -0.15) is 0 Å². The van der Waals surface area contributed by atoms with Gasteiger partial charge >= 0.3 is 0 Å². The molecule has 2 saturated carbocycles. The van der Waals surface area contributed by atoms with Gasteiger partial charge in [-0.25, -0.2) is 0 Å². The van der Waals surface area contributed by atoms with E-state index in [1.165, 1.54) is 19.3 Å².